The zero-order valence-electron chi connectivity index (χ0n) is 15.2. The van der Waals surface area contributed by atoms with Gasteiger partial charge in [-0.3, -0.25) is 0 Å². The first-order valence-electron chi connectivity index (χ1n) is 8.89. The lowest BCUT2D eigenvalue weighted by molar-refractivity contribution is -0.363. The number of carbonyl (C=O) groups excluding carboxylic acids is 1. The van der Waals surface area contributed by atoms with Gasteiger partial charge in [-0.25, -0.2) is 4.79 Å². The smallest absolute Gasteiger partial charge is 0.337 e. The number of rotatable bonds is 4. The first-order chi connectivity index (χ1) is 12.7. The van der Waals surface area contributed by atoms with Crippen LogP contribution in [0.25, 0.3) is 0 Å². The molecule has 152 valence electrons. The van der Waals surface area contributed by atoms with Crippen molar-refractivity contribution in [1.82, 2.24) is 0 Å². The molecule has 0 bridgehead atoms. The number of aliphatic hydroxyl groups is 4. The predicted molar refractivity (Wildman–Crippen MR) is 89.8 cm³/mol. The highest BCUT2D eigenvalue weighted by atomic mass is 16.8. The van der Waals surface area contributed by atoms with Gasteiger partial charge in [0.05, 0.1) is 24.5 Å². The Morgan fingerprint density at radius 3 is 2.67 bits per heavy atom. The Morgan fingerprint density at radius 2 is 2.04 bits per heavy atom. The van der Waals surface area contributed by atoms with Crippen molar-refractivity contribution >= 4 is 5.97 Å². The molecule has 3 rings (SSSR count). The van der Waals surface area contributed by atoms with Crippen LogP contribution in [0.3, 0.4) is 0 Å². The molecule has 0 saturated carbocycles. The van der Waals surface area contributed by atoms with E-state index in [4.69, 9.17) is 18.9 Å². The number of aliphatic hydroxyl groups excluding tert-OH is 4. The third-order valence-corrected chi connectivity index (χ3v) is 5.45. The molecule has 0 amide bonds. The molecule has 27 heavy (non-hydrogen) atoms. The maximum Gasteiger partial charge on any atom is 0.337 e. The lowest BCUT2D eigenvalue weighted by Crippen LogP contribution is -2.65. The fourth-order valence-corrected chi connectivity index (χ4v) is 3.74. The quantitative estimate of drug-likeness (QED) is 0.361. The fourth-order valence-electron chi connectivity index (χ4n) is 3.74. The molecule has 0 radical (unpaired) electrons. The standard InChI is InChI=1S/C18H26O9/c1-4-9-10-5-8(2)25-15(23)11(10)6-24-16(9)26-17-13(21)12(20)14(22)18(3,7-19)27-17/h4,6,8-10,12-14,16-17,19-22H,1,5,7H2,2-3H3. The highest BCUT2D eigenvalue weighted by Crippen LogP contribution is 2.40. The molecule has 3 aliphatic rings. The van der Waals surface area contributed by atoms with E-state index in [0.29, 0.717) is 12.0 Å². The summed E-state index contributed by atoms with van der Waals surface area (Å²) < 4.78 is 22.0. The minimum absolute atomic E-state index is 0.238. The van der Waals surface area contributed by atoms with Gasteiger partial charge in [0, 0.05) is 11.8 Å². The van der Waals surface area contributed by atoms with Crippen molar-refractivity contribution in [3.05, 3.63) is 24.5 Å². The van der Waals surface area contributed by atoms with Crippen LogP contribution in [0.2, 0.25) is 0 Å². The zero-order chi connectivity index (χ0) is 19.9. The van der Waals surface area contributed by atoms with Crippen LogP contribution in [-0.2, 0) is 23.7 Å². The minimum atomic E-state index is -1.58. The Hall–Kier alpha value is -1.49. The molecule has 3 aliphatic heterocycles. The van der Waals surface area contributed by atoms with Crippen molar-refractivity contribution in [1.29, 1.82) is 0 Å². The van der Waals surface area contributed by atoms with E-state index in [0.717, 1.165) is 0 Å². The maximum absolute atomic E-state index is 12.1. The SMILES string of the molecule is C=CC1C(OC2OC(C)(CO)C(O)C(O)C2O)OC=C2C(=O)OC(C)CC21. The van der Waals surface area contributed by atoms with Gasteiger partial charge >= 0.3 is 5.97 Å². The first kappa shape index (κ1) is 20.2. The van der Waals surface area contributed by atoms with Crippen LogP contribution < -0.4 is 0 Å². The Bertz CT molecular complexity index is 620. The highest BCUT2D eigenvalue weighted by molar-refractivity contribution is 5.90. The largest absolute Gasteiger partial charge is 0.471 e. The summed E-state index contributed by atoms with van der Waals surface area (Å²) in [6.45, 7) is 6.38. The molecule has 9 unspecified atom stereocenters. The summed E-state index contributed by atoms with van der Waals surface area (Å²) in [4.78, 5) is 12.1. The number of fused-ring (bicyclic) bond motifs is 1. The molecule has 9 nitrogen and oxygen atoms in total. The van der Waals surface area contributed by atoms with Crippen LogP contribution in [0.15, 0.2) is 24.5 Å². The van der Waals surface area contributed by atoms with Crippen LogP contribution in [0.4, 0.5) is 0 Å². The summed E-state index contributed by atoms with van der Waals surface area (Å²) in [6, 6.07) is 0. The van der Waals surface area contributed by atoms with Gasteiger partial charge in [-0.1, -0.05) is 6.08 Å². The van der Waals surface area contributed by atoms with Crippen LogP contribution in [0.1, 0.15) is 20.3 Å². The van der Waals surface area contributed by atoms with Gasteiger partial charge in [-0.15, -0.1) is 6.58 Å². The van der Waals surface area contributed by atoms with Crippen molar-refractivity contribution in [3.8, 4) is 0 Å². The van der Waals surface area contributed by atoms with E-state index in [2.05, 4.69) is 6.58 Å². The Morgan fingerprint density at radius 1 is 1.33 bits per heavy atom. The number of esters is 1. The molecular formula is C18H26O9. The Labute approximate surface area is 156 Å². The molecule has 2 saturated heterocycles. The third-order valence-electron chi connectivity index (χ3n) is 5.45. The maximum atomic E-state index is 12.1. The summed E-state index contributed by atoms with van der Waals surface area (Å²) >= 11 is 0. The van der Waals surface area contributed by atoms with Crippen molar-refractivity contribution in [2.24, 2.45) is 11.8 Å². The first-order valence-corrected chi connectivity index (χ1v) is 8.89. The second-order valence-electron chi connectivity index (χ2n) is 7.47. The van der Waals surface area contributed by atoms with Crippen molar-refractivity contribution in [3.63, 3.8) is 0 Å². The molecule has 9 atom stereocenters. The topological polar surface area (TPSA) is 135 Å². The summed E-state index contributed by atoms with van der Waals surface area (Å²) in [5, 5.41) is 39.9. The van der Waals surface area contributed by atoms with Crippen molar-refractivity contribution < 1.29 is 44.2 Å². The van der Waals surface area contributed by atoms with Crippen LogP contribution in [0, 0.1) is 11.8 Å². The lowest BCUT2D eigenvalue weighted by Gasteiger charge is -2.47. The molecule has 0 spiro atoms. The predicted octanol–water partition coefficient (Wildman–Crippen LogP) is -0.813. The average Bonchev–Trinajstić information content (AvgIpc) is 2.64. The Balaban J connectivity index is 1.80. The van der Waals surface area contributed by atoms with Gasteiger partial charge in [0.25, 0.3) is 0 Å². The van der Waals surface area contributed by atoms with E-state index in [-0.39, 0.29) is 12.0 Å². The number of hydrogen-bond acceptors (Lipinski definition) is 9. The monoisotopic (exact) mass is 386 g/mol. The number of ether oxygens (including phenoxy) is 4. The molecule has 2 fully saturated rings. The number of cyclic esters (lactones) is 1. The van der Waals surface area contributed by atoms with E-state index in [1.54, 1.807) is 13.0 Å². The van der Waals surface area contributed by atoms with Crippen LogP contribution in [-0.4, -0.2) is 75.6 Å². The number of hydrogen-bond donors (Lipinski definition) is 4. The Kier molecular flexibility index (Phi) is 5.62. The van der Waals surface area contributed by atoms with E-state index in [1.165, 1.54) is 13.2 Å². The summed E-state index contributed by atoms with van der Waals surface area (Å²) in [5.74, 6) is -1.12. The average molecular weight is 386 g/mol. The second-order valence-corrected chi connectivity index (χ2v) is 7.47. The van der Waals surface area contributed by atoms with Crippen LogP contribution in [0.5, 0.6) is 0 Å². The van der Waals surface area contributed by atoms with Gasteiger partial charge in [-0.05, 0) is 20.3 Å². The molecule has 9 heteroatoms. The third kappa shape index (κ3) is 3.51. The van der Waals surface area contributed by atoms with Gasteiger partial charge in [0.15, 0.2) is 6.29 Å². The van der Waals surface area contributed by atoms with Crippen LogP contribution >= 0.6 is 0 Å². The van der Waals surface area contributed by atoms with E-state index < -0.39 is 55.0 Å². The van der Waals surface area contributed by atoms with Gasteiger partial charge < -0.3 is 39.4 Å². The van der Waals surface area contributed by atoms with E-state index >= 15 is 0 Å². The van der Waals surface area contributed by atoms with E-state index in [9.17, 15) is 25.2 Å². The summed E-state index contributed by atoms with van der Waals surface area (Å²) in [7, 11) is 0. The number of carbonyl (C=O) groups is 1. The normalized spacial score (nSPS) is 47.3. The van der Waals surface area contributed by atoms with Crippen molar-refractivity contribution in [2.45, 2.75) is 62.9 Å². The summed E-state index contributed by atoms with van der Waals surface area (Å²) in [6.07, 6.45) is -3.80. The fraction of sp³-hybridized carbons (Fsp3) is 0.722. The molecule has 3 heterocycles. The molecule has 4 N–H and O–H groups in total. The van der Waals surface area contributed by atoms with Crippen molar-refractivity contribution in [2.75, 3.05) is 6.61 Å². The highest BCUT2D eigenvalue weighted by Gasteiger charge is 2.53. The zero-order valence-corrected chi connectivity index (χ0v) is 15.2. The van der Waals surface area contributed by atoms with Gasteiger partial charge in [0.2, 0.25) is 6.29 Å². The molecule has 0 aromatic heterocycles. The molecule has 0 aliphatic carbocycles. The minimum Gasteiger partial charge on any atom is -0.471 e. The van der Waals surface area contributed by atoms with Gasteiger partial charge in [0.1, 0.15) is 23.9 Å². The molecule has 0 aromatic carbocycles. The van der Waals surface area contributed by atoms with E-state index in [1.807, 2.05) is 0 Å². The van der Waals surface area contributed by atoms with Gasteiger partial charge in [-0.2, -0.15) is 0 Å². The second kappa shape index (κ2) is 7.50. The molecular weight excluding hydrogens is 360 g/mol. The lowest BCUT2D eigenvalue weighted by atomic mass is 9.79. The molecule has 0 aromatic rings. The summed E-state index contributed by atoms with van der Waals surface area (Å²) in [5.41, 5.74) is -1.13.